The molecular formula is C24H20ClN5O3. The number of carbonyl (C=O) groups is 3. The minimum atomic E-state index is -0.748. The summed E-state index contributed by atoms with van der Waals surface area (Å²) in [7, 11) is 0. The number of halogens is 1. The molecule has 33 heavy (non-hydrogen) atoms. The van der Waals surface area contributed by atoms with Gasteiger partial charge in [0.25, 0.3) is 11.8 Å². The molecule has 0 spiro atoms. The maximum absolute atomic E-state index is 12.8. The summed E-state index contributed by atoms with van der Waals surface area (Å²) in [5.74, 6) is -1.64. The number of nitrogens with two attached hydrogens (primary N) is 1. The zero-order valence-corrected chi connectivity index (χ0v) is 18.6. The molecule has 0 atom stereocenters. The molecule has 0 unspecified atom stereocenters. The van der Waals surface area contributed by atoms with Crippen molar-refractivity contribution in [2.45, 2.75) is 19.3 Å². The third kappa shape index (κ3) is 5.53. The average Bonchev–Trinajstić information content (AvgIpc) is 2.80. The van der Waals surface area contributed by atoms with Crippen LogP contribution in [0.5, 0.6) is 0 Å². The monoisotopic (exact) mass is 461 g/mol. The summed E-state index contributed by atoms with van der Waals surface area (Å²) in [5, 5.41) is 14.8. The molecular weight excluding hydrogens is 442 g/mol. The highest BCUT2D eigenvalue weighted by atomic mass is 35.5. The fourth-order valence-corrected chi connectivity index (χ4v) is 3.14. The van der Waals surface area contributed by atoms with Gasteiger partial charge < -0.3 is 16.4 Å². The molecule has 4 N–H and O–H groups in total. The van der Waals surface area contributed by atoms with E-state index in [2.05, 4.69) is 21.7 Å². The van der Waals surface area contributed by atoms with E-state index in [1.165, 1.54) is 30.6 Å². The van der Waals surface area contributed by atoms with Crippen LogP contribution in [0.2, 0.25) is 5.02 Å². The predicted octanol–water partition coefficient (Wildman–Crippen LogP) is 4.14. The molecule has 0 saturated carbocycles. The van der Waals surface area contributed by atoms with Gasteiger partial charge in [-0.3, -0.25) is 19.4 Å². The number of aromatic nitrogens is 1. The van der Waals surface area contributed by atoms with Gasteiger partial charge in [-0.1, -0.05) is 23.7 Å². The van der Waals surface area contributed by atoms with Crippen LogP contribution < -0.4 is 16.4 Å². The van der Waals surface area contributed by atoms with Gasteiger partial charge in [0.05, 0.1) is 39.5 Å². The van der Waals surface area contributed by atoms with Crippen molar-refractivity contribution in [2.24, 2.45) is 5.73 Å². The Hall–Kier alpha value is -4.22. The molecule has 0 fully saturated rings. The normalized spacial score (nSPS) is 10.7. The lowest BCUT2D eigenvalue weighted by atomic mass is 9.85. The van der Waals surface area contributed by atoms with E-state index in [0.717, 1.165) is 0 Å². The van der Waals surface area contributed by atoms with Crippen molar-refractivity contribution in [2.75, 3.05) is 10.6 Å². The Balaban J connectivity index is 1.80. The number of nitrogens with one attached hydrogen (secondary N) is 2. The van der Waals surface area contributed by atoms with Crippen LogP contribution in [0.3, 0.4) is 0 Å². The number of benzene rings is 2. The molecule has 0 bridgehead atoms. The SMILES string of the molecule is CC(C)(C#N)c1cccc(C(=O)Nc2ccc(Cl)c(C(=O)Nc3cncc(C(N)=O)c3)c2)c1. The molecule has 166 valence electrons. The Bertz CT molecular complexity index is 1300. The zero-order valence-electron chi connectivity index (χ0n) is 17.8. The van der Waals surface area contributed by atoms with E-state index >= 15 is 0 Å². The van der Waals surface area contributed by atoms with Gasteiger partial charge in [0.1, 0.15) is 0 Å². The molecule has 3 amide bonds. The third-order valence-corrected chi connectivity index (χ3v) is 5.21. The maximum atomic E-state index is 12.8. The van der Waals surface area contributed by atoms with E-state index in [-0.39, 0.29) is 21.8 Å². The topological polar surface area (TPSA) is 138 Å². The summed E-state index contributed by atoms with van der Waals surface area (Å²) in [5.41, 5.74) is 6.43. The van der Waals surface area contributed by atoms with Crippen LogP contribution in [0.15, 0.2) is 60.9 Å². The van der Waals surface area contributed by atoms with Crippen LogP contribution in [-0.4, -0.2) is 22.7 Å². The van der Waals surface area contributed by atoms with Crippen molar-refractivity contribution in [3.05, 3.63) is 88.2 Å². The van der Waals surface area contributed by atoms with Crippen molar-refractivity contribution in [3.8, 4) is 6.07 Å². The lowest BCUT2D eigenvalue weighted by Gasteiger charge is -2.16. The average molecular weight is 462 g/mol. The lowest BCUT2D eigenvalue weighted by molar-refractivity contribution is 0.0995. The van der Waals surface area contributed by atoms with Gasteiger partial charge >= 0.3 is 0 Å². The summed E-state index contributed by atoms with van der Waals surface area (Å²) >= 11 is 6.19. The minimum Gasteiger partial charge on any atom is -0.366 e. The Kier molecular flexibility index (Phi) is 6.75. The van der Waals surface area contributed by atoms with Crippen LogP contribution in [0.25, 0.3) is 0 Å². The second kappa shape index (κ2) is 9.51. The molecule has 8 nitrogen and oxygen atoms in total. The highest BCUT2D eigenvalue weighted by Gasteiger charge is 2.21. The molecule has 0 radical (unpaired) electrons. The molecule has 1 heterocycles. The molecule has 3 aromatic rings. The first-order chi connectivity index (χ1) is 15.6. The van der Waals surface area contributed by atoms with E-state index in [9.17, 15) is 19.6 Å². The van der Waals surface area contributed by atoms with E-state index in [1.54, 1.807) is 44.2 Å². The molecule has 0 aliphatic rings. The fraction of sp³-hybridized carbons (Fsp3) is 0.125. The summed E-state index contributed by atoms with van der Waals surface area (Å²) in [6.07, 6.45) is 2.65. The van der Waals surface area contributed by atoms with Crippen LogP contribution in [-0.2, 0) is 5.41 Å². The van der Waals surface area contributed by atoms with Gasteiger partial charge in [-0.2, -0.15) is 5.26 Å². The number of nitrogens with zero attached hydrogens (tertiary/aromatic N) is 2. The lowest BCUT2D eigenvalue weighted by Crippen LogP contribution is -2.18. The summed E-state index contributed by atoms with van der Waals surface area (Å²) < 4.78 is 0. The molecule has 3 rings (SSSR count). The highest BCUT2D eigenvalue weighted by molar-refractivity contribution is 6.34. The van der Waals surface area contributed by atoms with Crippen LogP contribution >= 0.6 is 11.6 Å². The molecule has 1 aromatic heterocycles. The van der Waals surface area contributed by atoms with Gasteiger partial charge in [-0.15, -0.1) is 0 Å². The number of rotatable bonds is 6. The Morgan fingerprint density at radius 2 is 1.70 bits per heavy atom. The number of nitriles is 1. The highest BCUT2D eigenvalue weighted by Crippen LogP contribution is 2.25. The Morgan fingerprint density at radius 3 is 2.39 bits per heavy atom. The maximum Gasteiger partial charge on any atom is 0.257 e. The van der Waals surface area contributed by atoms with Gasteiger partial charge in [-0.05, 0) is 55.8 Å². The van der Waals surface area contributed by atoms with Crippen LogP contribution in [0, 0.1) is 11.3 Å². The quantitative estimate of drug-likeness (QED) is 0.506. The molecule has 0 saturated heterocycles. The van der Waals surface area contributed by atoms with Crippen molar-refractivity contribution in [3.63, 3.8) is 0 Å². The smallest absolute Gasteiger partial charge is 0.257 e. The van der Waals surface area contributed by atoms with Gasteiger partial charge in [0.15, 0.2) is 0 Å². The van der Waals surface area contributed by atoms with E-state index in [0.29, 0.717) is 16.8 Å². The zero-order chi connectivity index (χ0) is 24.2. The van der Waals surface area contributed by atoms with E-state index < -0.39 is 23.1 Å². The first kappa shape index (κ1) is 23.4. The Labute approximate surface area is 195 Å². The van der Waals surface area contributed by atoms with Crippen LogP contribution in [0.1, 0.15) is 50.5 Å². The van der Waals surface area contributed by atoms with Crippen molar-refractivity contribution in [1.82, 2.24) is 4.98 Å². The van der Waals surface area contributed by atoms with Gasteiger partial charge in [0.2, 0.25) is 5.91 Å². The van der Waals surface area contributed by atoms with E-state index in [4.69, 9.17) is 17.3 Å². The largest absolute Gasteiger partial charge is 0.366 e. The summed E-state index contributed by atoms with van der Waals surface area (Å²) in [6.45, 7) is 3.53. The summed E-state index contributed by atoms with van der Waals surface area (Å²) in [4.78, 5) is 40.7. The number of hydrogen-bond acceptors (Lipinski definition) is 5. The van der Waals surface area contributed by atoms with E-state index in [1.807, 2.05) is 0 Å². The number of pyridine rings is 1. The first-order valence-corrected chi connectivity index (χ1v) is 10.2. The molecule has 2 aromatic carbocycles. The first-order valence-electron chi connectivity index (χ1n) is 9.79. The van der Waals surface area contributed by atoms with Crippen LogP contribution in [0.4, 0.5) is 11.4 Å². The fourth-order valence-electron chi connectivity index (χ4n) is 2.94. The number of primary amides is 1. The van der Waals surface area contributed by atoms with Gasteiger partial charge in [-0.25, -0.2) is 0 Å². The summed E-state index contributed by atoms with van der Waals surface area (Å²) in [6, 6.07) is 14.9. The molecule has 0 aliphatic carbocycles. The van der Waals surface area contributed by atoms with Crippen molar-refractivity contribution < 1.29 is 14.4 Å². The van der Waals surface area contributed by atoms with Gasteiger partial charge in [0, 0.05) is 17.4 Å². The number of amides is 3. The minimum absolute atomic E-state index is 0.110. The molecule has 0 aliphatic heterocycles. The number of carbonyl (C=O) groups excluding carboxylic acids is 3. The molecule has 9 heteroatoms. The second-order valence-electron chi connectivity index (χ2n) is 7.75. The number of anilines is 2. The number of hydrogen-bond donors (Lipinski definition) is 3. The predicted molar refractivity (Wildman–Crippen MR) is 125 cm³/mol. The third-order valence-electron chi connectivity index (χ3n) is 4.88. The van der Waals surface area contributed by atoms with Crippen molar-refractivity contribution in [1.29, 1.82) is 5.26 Å². The second-order valence-corrected chi connectivity index (χ2v) is 8.15. The Morgan fingerprint density at radius 1 is 0.970 bits per heavy atom. The van der Waals surface area contributed by atoms with Crippen molar-refractivity contribution >= 4 is 40.7 Å². The standard InChI is InChI=1S/C24H20ClN5O3/c1-24(2,13-26)16-5-3-4-14(8-16)22(32)29-17-6-7-20(25)19(10-17)23(33)30-18-9-15(21(27)31)11-28-12-18/h3-12H,1-2H3,(H2,27,31)(H,29,32)(H,30,33).